The SMILES string of the molecule is CC(C)(C)SCCNC(=O)c1ccc(OCCSc2ccccc2)cc1. The second-order valence-corrected chi connectivity index (χ2v) is 9.84. The first-order chi connectivity index (χ1) is 12.4. The molecule has 0 unspecified atom stereocenters. The normalized spacial score (nSPS) is 11.2. The van der Waals surface area contributed by atoms with Gasteiger partial charge in [0.1, 0.15) is 5.75 Å². The van der Waals surface area contributed by atoms with Gasteiger partial charge in [0.25, 0.3) is 5.91 Å². The number of ether oxygens (including phenoxy) is 1. The number of rotatable bonds is 9. The van der Waals surface area contributed by atoms with Crippen molar-refractivity contribution >= 4 is 29.4 Å². The Bertz CT molecular complexity index is 667. The van der Waals surface area contributed by atoms with Crippen LogP contribution in [0.3, 0.4) is 0 Å². The van der Waals surface area contributed by atoms with Gasteiger partial charge < -0.3 is 10.1 Å². The number of carbonyl (C=O) groups is 1. The van der Waals surface area contributed by atoms with Crippen molar-refractivity contribution < 1.29 is 9.53 Å². The summed E-state index contributed by atoms with van der Waals surface area (Å²) in [6.07, 6.45) is 0. The average Bonchev–Trinajstić information content (AvgIpc) is 2.63. The second kappa shape index (κ2) is 10.5. The van der Waals surface area contributed by atoms with Gasteiger partial charge in [-0.25, -0.2) is 0 Å². The molecule has 1 N–H and O–H groups in total. The highest BCUT2D eigenvalue weighted by molar-refractivity contribution is 8.00. The molecule has 140 valence electrons. The molecule has 0 spiro atoms. The summed E-state index contributed by atoms with van der Waals surface area (Å²) in [5.74, 6) is 2.55. The van der Waals surface area contributed by atoms with Gasteiger partial charge in [-0.05, 0) is 36.4 Å². The van der Waals surface area contributed by atoms with Gasteiger partial charge in [0, 0.05) is 33.3 Å². The predicted molar refractivity (Wildman–Crippen MR) is 114 cm³/mol. The number of amides is 1. The topological polar surface area (TPSA) is 38.3 Å². The Morgan fingerprint density at radius 3 is 2.35 bits per heavy atom. The molecule has 5 heteroatoms. The maximum absolute atomic E-state index is 12.1. The van der Waals surface area contributed by atoms with Crippen molar-refractivity contribution in [1.29, 1.82) is 0 Å². The summed E-state index contributed by atoms with van der Waals surface area (Å²) in [6.45, 7) is 7.84. The lowest BCUT2D eigenvalue weighted by atomic mass is 10.2. The van der Waals surface area contributed by atoms with E-state index in [9.17, 15) is 4.79 Å². The summed E-state index contributed by atoms with van der Waals surface area (Å²) in [4.78, 5) is 13.4. The van der Waals surface area contributed by atoms with E-state index in [4.69, 9.17) is 4.74 Å². The standard InChI is InChI=1S/C21H27NO2S2/c1-21(2,3)26-15-13-22-20(23)17-9-11-18(12-10-17)24-14-16-25-19-7-5-4-6-8-19/h4-12H,13-16H2,1-3H3,(H,22,23). The lowest BCUT2D eigenvalue weighted by Gasteiger charge is -2.17. The summed E-state index contributed by atoms with van der Waals surface area (Å²) in [7, 11) is 0. The third-order valence-electron chi connectivity index (χ3n) is 3.40. The van der Waals surface area contributed by atoms with Crippen LogP contribution in [0, 0.1) is 0 Å². The fourth-order valence-corrected chi connectivity index (χ4v) is 3.73. The molecule has 0 bridgehead atoms. The Labute approximate surface area is 165 Å². The third-order valence-corrected chi connectivity index (χ3v) is 5.65. The van der Waals surface area contributed by atoms with Crippen LogP contribution in [0.4, 0.5) is 0 Å². The summed E-state index contributed by atoms with van der Waals surface area (Å²) < 4.78 is 5.97. The Kier molecular flexibility index (Phi) is 8.39. The molecule has 26 heavy (non-hydrogen) atoms. The van der Waals surface area contributed by atoms with Crippen LogP contribution in [0.1, 0.15) is 31.1 Å². The van der Waals surface area contributed by atoms with Crippen LogP contribution in [-0.2, 0) is 0 Å². The van der Waals surface area contributed by atoms with Crippen LogP contribution < -0.4 is 10.1 Å². The van der Waals surface area contributed by atoms with E-state index in [0.717, 1.165) is 17.3 Å². The van der Waals surface area contributed by atoms with Gasteiger partial charge in [-0.3, -0.25) is 4.79 Å². The summed E-state index contributed by atoms with van der Waals surface area (Å²) in [5.41, 5.74) is 0.664. The van der Waals surface area contributed by atoms with Gasteiger partial charge in [-0.1, -0.05) is 39.0 Å². The van der Waals surface area contributed by atoms with Gasteiger partial charge >= 0.3 is 0 Å². The summed E-state index contributed by atoms with van der Waals surface area (Å²) >= 11 is 3.62. The molecule has 2 aromatic carbocycles. The molecule has 0 aromatic heterocycles. The minimum atomic E-state index is -0.0364. The number of carbonyl (C=O) groups excluding carboxylic acids is 1. The molecule has 0 atom stereocenters. The average molecular weight is 390 g/mol. The fraction of sp³-hybridized carbons (Fsp3) is 0.381. The smallest absolute Gasteiger partial charge is 0.251 e. The number of thioether (sulfide) groups is 2. The zero-order valence-corrected chi connectivity index (χ0v) is 17.3. The number of hydrogen-bond donors (Lipinski definition) is 1. The first kappa shape index (κ1) is 20.7. The molecule has 0 heterocycles. The molecule has 0 saturated carbocycles. The van der Waals surface area contributed by atoms with Gasteiger partial charge in [0.2, 0.25) is 0 Å². The van der Waals surface area contributed by atoms with E-state index in [1.165, 1.54) is 4.90 Å². The van der Waals surface area contributed by atoms with Crippen molar-refractivity contribution in [3.63, 3.8) is 0 Å². The fourth-order valence-electron chi connectivity index (χ4n) is 2.16. The van der Waals surface area contributed by atoms with Crippen LogP contribution in [0.2, 0.25) is 0 Å². The number of benzene rings is 2. The van der Waals surface area contributed by atoms with Gasteiger partial charge in [0.05, 0.1) is 6.61 Å². The van der Waals surface area contributed by atoms with Crippen molar-refractivity contribution in [2.75, 3.05) is 24.7 Å². The maximum atomic E-state index is 12.1. The first-order valence-corrected chi connectivity index (χ1v) is 10.7. The molecule has 2 rings (SSSR count). The van der Waals surface area contributed by atoms with Crippen molar-refractivity contribution in [2.24, 2.45) is 0 Å². The Hall–Kier alpha value is -1.59. The molecular formula is C21H27NO2S2. The van der Waals surface area contributed by atoms with Crippen molar-refractivity contribution in [2.45, 2.75) is 30.4 Å². The zero-order chi connectivity index (χ0) is 18.8. The van der Waals surface area contributed by atoms with Gasteiger partial charge in [-0.15, -0.1) is 11.8 Å². The van der Waals surface area contributed by atoms with Crippen LogP contribution in [0.5, 0.6) is 5.75 Å². The van der Waals surface area contributed by atoms with E-state index in [1.807, 2.05) is 54.2 Å². The monoisotopic (exact) mass is 389 g/mol. The highest BCUT2D eigenvalue weighted by atomic mass is 32.2. The van der Waals surface area contributed by atoms with Crippen molar-refractivity contribution in [3.8, 4) is 5.75 Å². The third kappa shape index (κ3) is 8.19. The van der Waals surface area contributed by atoms with E-state index in [0.29, 0.717) is 18.7 Å². The highest BCUT2D eigenvalue weighted by Gasteiger charge is 2.10. The number of nitrogens with one attached hydrogen (secondary N) is 1. The van der Waals surface area contributed by atoms with Gasteiger partial charge in [0.15, 0.2) is 0 Å². The number of hydrogen-bond acceptors (Lipinski definition) is 4. The lowest BCUT2D eigenvalue weighted by Crippen LogP contribution is -2.26. The Morgan fingerprint density at radius 2 is 1.69 bits per heavy atom. The molecular weight excluding hydrogens is 362 g/mol. The Balaban J connectivity index is 1.67. The molecule has 0 aliphatic carbocycles. The lowest BCUT2D eigenvalue weighted by molar-refractivity contribution is 0.0956. The van der Waals surface area contributed by atoms with E-state index < -0.39 is 0 Å². The highest BCUT2D eigenvalue weighted by Crippen LogP contribution is 2.22. The summed E-state index contributed by atoms with van der Waals surface area (Å²) in [6, 6.07) is 17.6. The molecule has 0 aliphatic heterocycles. The van der Waals surface area contributed by atoms with E-state index in [2.05, 4.69) is 38.2 Å². The van der Waals surface area contributed by atoms with Crippen LogP contribution in [0.15, 0.2) is 59.5 Å². The molecule has 3 nitrogen and oxygen atoms in total. The van der Waals surface area contributed by atoms with E-state index in [1.54, 1.807) is 11.8 Å². The van der Waals surface area contributed by atoms with E-state index in [-0.39, 0.29) is 10.7 Å². The largest absolute Gasteiger partial charge is 0.493 e. The zero-order valence-electron chi connectivity index (χ0n) is 15.7. The maximum Gasteiger partial charge on any atom is 0.251 e. The first-order valence-electron chi connectivity index (χ1n) is 8.77. The van der Waals surface area contributed by atoms with Gasteiger partial charge in [-0.2, -0.15) is 11.8 Å². The molecule has 0 aliphatic rings. The minimum Gasteiger partial charge on any atom is -0.493 e. The summed E-state index contributed by atoms with van der Waals surface area (Å²) in [5, 5.41) is 2.96. The second-order valence-electron chi connectivity index (χ2n) is 6.75. The minimum absolute atomic E-state index is 0.0364. The van der Waals surface area contributed by atoms with Crippen LogP contribution >= 0.6 is 23.5 Å². The molecule has 0 fully saturated rings. The van der Waals surface area contributed by atoms with Crippen molar-refractivity contribution in [3.05, 3.63) is 60.2 Å². The molecule has 0 radical (unpaired) electrons. The molecule has 0 saturated heterocycles. The predicted octanol–water partition coefficient (Wildman–Crippen LogP) is 5.12. The Morgan fingerprint density at radius 1 is 1.00 bits per heavy atom. The van der Waals surface area contributed by atoms with Crippen LogP contribution in [0.25, 0.3) is 0 Å². The van der Waals surface area contributed by atoms with Crippen LogP contribution in [-0.4, -0.2) is 35.3 Å². The molecule has 1 amide bonds. The quantitative estimate of drug-likeness (QED) is 0.477. The van der Waals surface area contributed by atoms with E-state index >= 15 is 0 Å². The molecule has 2 aromatic rings. The van der Waals surface area contributed by atoms with Crippen molar-refractivity contribution in [1.82, 2.24) is 5.32 Å².